The molecule has 1 aromatic carbocycles. The topological polar surface area (TPSA) is 84.1 Å². The minimum absolute atomic E-state index is 0.00181. The van der Waals surface area contributed by atoms with Crippen molar-refractivity contribution in [2.75, 3.05) is 13.7 Å². The average molecular weight is 421 g/mol. The third-order valence-corrected chi connectivity index (χ3v) is 5.86. The molecule has 31 heavy (non-hydrogen) atoms. The molecule has 0 spiro atoms. The molecule has 2 atom stereocenters. The lowest BCUT2D eigenvalue weighted by atomic mass is 10.0. The number of likely N-dealkylation sites (tertiary alicyclic amines) is 1. The van der Waals surface area contributed by atoms with Crippen molar-refractivity contribution in [3.05, 3.63) is 54.5 Å². The minimum atomic E-state index is -0.873. The number of imidazole rings is 1. The van der Waals surface area contributed by atoms with Gasteiger partial charge in [-0.05, 0) is 55.2 Å². The second kappa shape index (κ2) is 8.79. The van der Waals surface area contributed by atoms with Crippen LogP contribution in [0.5, 0.6) is 5.75 Å². The Bertz CT molecular complexity index is 1090. The summed E-state index contributed by atoms with van der Waals surface area (Å²) < 4.78 is 7.33. The number of benzene rings is 1. The fraction of sp³-hybridized carbons (Fsp3) is 0.375. The predicted molar refractivity (Wildman–Crippen MR) is 117 cm³/mol. The summed E-state index contributed by atoms with van der Waals surface area (Å²) in [5.74, 6) is 0.559. The number of amides is 1. The molecule has 162 valence electrons. The van der Waals surface area contributed by atoms with Gasteiger partial charge in [0, 0.05) is 31.1 Å². The first kappa shape index (κ1) is 20.9. The molecule has 7 heteroatoms. The molecule has 1 aliphatic heterocycles. The van der Waals surface area contributed by atoms with E-state index in [1.54, 1.807) is 7.11 Å². The molecule has 1 fully saturated rings. The monoisotopic (exact) mass is 421 g/mol. The Morgan fingerprint density at radius 3 is 2.68 bits per heavy atom. The predicted octanol–water partition coefficient (Wildman–Crippen LogP) is 4.17. The summed E-state index contributed by atoms with van der Waals surface area (Å²) in [5.41, 5.74) is 2.85. The summed E-state index contributed by atoms with van der Waals surface area (Å²) in [4.78, 5) is 30.8. The molecule has 4 rings (SSSR count). The quantitative estimate of drug-likeness (QED) is 0.619. The molecule has 0 radical (unpaired) electrons. The molecule has 1 saturated heterocycles. The van der Waals surface area contributed by atoms with Gasteiger partial charge < -0.3 is 19.1 Å². The molecular weight excluding hydrogens is 394 g/mol. The van der Waals surface area contributed by atoms with Crippen LogP contribution in [0.15, 0.2) is 48.7 Å². The van der Waals surface area contributed by atoms with E-state index in [0.717, 1.165) is 41.2 Å². The van der Waals surface area contributed by atoms with Crippen molar-refractivity contribution in [3.63, 3.8) is 0 Å². The molecule has 7 nitrogen and oxygen atoms in total. The van der Waals surface area contributed by atoms with Crippen molar-refractivity contribution in [3.8, 4) is 17.0 Å². The molecule has 1 aliphatic rings. The summed E-state index contributed by atoms with van der Waals surface area (Å²) in [6.45, 7) is 2.48. The number of ether oxygens (including phenoxy) is 1. The molecule has 1 amide bonds. The van der Waals surface area contributed by atoms with E-state index < -0.39 is 5.97 Å². The molecule has 3 heterocycles. The molecule has 3 aromatic rings. The number of carbonyl (C=O) groups excluding carboxylic acids is 1. The number of carbonyl (C=O) groups is 2. The van der Waals surface area contributed by atoms with Gasteiger partial charge in [-0.25, -0.2) is 4.98 Å². The highest BCUT2D eigenvalue weighted by molar-refractivity contribution is 5.80. The SMILES string of the molecule is COc1ccc(-c2nc(C3CCCN3C(=O)CC(C)CC(=O)O)n3ccccc23)cc1. The number of fused-ring (bicyclic) bond motifs is 1. The van der Waals surface area contributed by atoms with Crippen LogP contribution in [0, 0.1) is 5.92 Å². The molecule has 2 unspecified atom stereocenters. The highest BCUT2D eigenvalue weighted by atomic mass is 16.5. The van der Waals surface area contributed by atoms with E-state index in [4.69, 9.17) is 14.8 Å². The van der Waals surface area contributed by atoms with Gasteiger partial charge in [0.25, 0.3) is 0 Å². The normalized spacial score (nSPS) is 17.1. The van der Waals surface area contributed by atoms with Crippen molar-refractivity contribution in [2.45, 2.75) is 38.6 Å². The number of hydrogen-bond acceptors (Lipinski definition) is 4. The first-order chi connectivity index (χ1) is 15.0. The largest absolute Gasteiger partial charge is 0.497 e. The second-order valence-corrected chi connectivity index (χ2v) is 8.16. The lowest BCUT2D eigenvalue weighted by Crippen LogP contribution is -2.32. The molecule has 1 N–H and O–H groups in total. The number of hydrogen-bond donors (Lipinski definition) is 1. The summed E-state index contributed by atoms with van der Waals surface area (Å²) in [6, 6.07) is 13.7. The number of aliphatic carboxylic acids is 1. The van der Waals surface area contributed by atoms with Crippen molar-refractivity contribution >= 4 is 17.4 Å². The van der Waals surface area contributed by atoms with Crippen LogP contribution in [0.25, 0.3) is 16.8 Å². The smallest absolute Gasteiger partial charge is 0.303 e. The minimum Gasteiger partial charge on any atom is -0.497 e. The van der Waals surface area contributed by atoms with Gasteiger partial charge in [-0.1, -0.05) is 13.0 Å². The number of carboxylic acids is 1. The third kappa shape index (κ3) is 4.26. The van der Waals surface area contributed by atoms with E-state index in [1.807, 2.05) is 60.5 Å². The zero-order chi connectivity index (χ0) is 22.0. The highest BCUT2D eigenvalue weighted by Crippen LogP contribution is 2.36. The molecule has 0 bridgehead atoms. The average Bonchev–Trinajstić information content (AvgIpc) is 3.38. The summed E-state index contributed by atoms with van der Waals surface area (Å²) in [6.07, 6.45) is 3.97. The number of nitrogens with zero attached hydrogens (tertiary/aromatic N) is 3. The van der Waals surface area contributed by atoms with Crippen LogP contribution in [0.3, 0.4) is 0 Å². The van der Waals surface area contributed by atoms with Crippen LogP contribution < -0.4 is 4.74 Å². The van der Waals surface area contributed by atoms with Crippen LogP contribution in [0.2, 0.25) is 0 Å². The summed E-state index contributed by atoms with van der Waals surface area (Å²) in [7, 11) is 1.64. The van der Waals surface area contributed by atoms with Crippen LogP contribution in [-0.4, -0.2) is 44.9 Å². The maximum atomic E-state index is 13.0. The summed E-state index contributed by atoms with van der Waals surface area (Å²) in [5, 5.41) is 9.01. The lowest BCUT2D eigenvalue weighted by Gasteiger charge is -2.25. The van der Waals surface area contributed by atoms with E-state index in [-0.39, 0.29) is 30.7 Å². The Hall–Kier alpha value is -3.35. The van der Waals surface area contributed by atoms with E-state index >= 15 is 0 Å². The van der Waals surface area contributed by atoms with Crippen molar-refractivity contribution < 1.29 is 19.4 Å². The van der Waals surface area contributed by atoms with Crippen molar-refractivity contribution in [2.24, 2.45) is 5.92 Å². The van der Waals surface area contributed by atoms with Gasteiger partial charge in [-0.2, -0.15) is 0 Å². The molecule has 0 aliphatic carbocycles. The van der Waals surface area contributed by atoms with Gasteiger partial charge >= 0.3 is 5.97 Å². The zero-order valence-electron chi connectivity index (χ0n) is 17.8. The first-order valence-electron chi connectivity index (χ1n) is 10.6. The number of rotatable bonds is 7. The van der Waals surface area contributed by atoms with Gasteiger partial charge in [-0.3, -0.25) is 9.59 Å². The highest BCUT2D eigenvalue weighted by Gasteiger charge is 2.34. The fourth-order valence-corrected chi connectivity index (χ4v) is 4.38. The summed E-state index contributed by atoms with van der Waals surface area (Å²) >= 11 is 0. The number of methoxy groups -OCH3 is 1. The Balaban J connectivity index is 1.67. The van der Waals surface area contributed by atoms with Gasteiger partial charge in [0.2, 0.25) is 5.91 Å². The van der Waals surface area contributed by atoms with E-state index in [0.29, 0.717) is 6.54 Å². The number of carboxylic acid groups (broad SMARTS) is 1. The van der Waals surface area contributed by atoms with Crippen molar-refractivity contribution in [1.82, 2.24) is 14.3 Å². The van der Waals surface area contributed by atoms with Crippen LogP contribution in [-0.2, 0) is 9.59 Å². The lowest BCUT2D eigenvalue weighted by molar-refractivity contribution is -0.138. The Kier molecular flexibility index (Phi) is 5.93. The number of aromatic nitrogens is 2. The van der Waals surface area contributed by atoms with Gasteiger partial charge in [0.05, 0.1) is 24.4 Å². The standard InChI is InChI=1S/C24H27N3O4/c1-16(15-22(29)30)14-21(28)26-13-5-7-20(26)24-25-23(19-6-3-4-12-27(19)24)17-8-10-18(31-2)11-9-17/h3-4,6,8-12,16,20H,5,7,13-15H2,1-2H3,(H,29,30). The number of pyridine rings is 1. The van der Waals surface area contributed by atoms with Gasteiger partial charge in [0.15, 0.2) is 0 Å². The molecule has 0 saturated carbocycles. The van der Waals surface area contributed by atoms with Crippen LogP contribution in [0.1, 0.15) is 44.5 Å². The molecular formula is C24H27N3O4. The first-order valence-corrected chi connectivity index (χ1v) is 10.6. The van der Waals surface area contributed by atoms with Crippen LogP contribution in [0.4, 0.5) is 0 Å². The molecule has 2 aromatic heterocycles. The van der Waals surface area contributed by atoms with Crippen molar-refractivity contribution in [1.29, 1.82) is 0 Å². The Morgan fingerprint density at radius 2 is 1.97 bits per heavy atom. The zero-order valence-corrected chi connectivity index (χ0v) is 17.8. The maximum absolute atomic E-state index is 13.0. The second-order valence-electron chi connectivity index (χ2n) is 8.16. The van der Waals surface area contributed by atoms with Gasteiger partial charge in [0.1, 0.15) is 11.6 Å². The van der Waals surface area contributed by atoms with E-state index in [2.05, 4.69) is 4.40 Å². The van der Waals surface area contributed by atoms with E-state index in [9.17, 15) is 9.59 Å². The van der Waals surface area contributed by atoms with Gasteiger partial charge in [-0.15, -0.1) is 0 Å². The maximum Gasteiger partial charge on any atom is 0.303 e. The van der Waals surface area contributed by atoms with Crippen LogP contribution >= 0.6 is 0 Å². The Labute approximate surface area is 181 Å². The fourth-order valence-electron chi connectivity index (χ4n) is 4.38. The Morgan fingerprint density at radius 1 is 1.19 bits per heavy atom. The third-order valence-electron chi connectivity index (χ3n) is 5.86. The van der Waals surface area contributed by atoms with E-state index in [1.165, 1.54) is 0 Å².